The van der Waals surface area contributed by atoms with Crippen molar-refractivity contribution in [2.45, 2.75) is 40.3 Å². The van der Waals surface area contributed by atoms with Gasteiger partial charge < -0.3 is 9.84 Å². The second-order valence-corrected chi connectivity index (χ2v) is 10.3. The number of carbonyl (C=O) groups is 1. The lowest BCUT2D eigenvalue weighted by Gasteiger charge is -2.16. The number of aliphatic imine (C=N–C) groups is 1. The minimum Gasteiger partial charge on any atom is -0.481 e. The van der Waals surface area contributed by atoms with Crippen molar-refractivity contribution in [1.82, 2.24) is 14.8 Å². The smallest absolute Gasteiger partial charge is 0.308 e. The molecule has 38 heavy (non-hydrogen) atoms. The number of ether oxygens (including phenoxy) is 1. The summed E-state index contributed by atoms with van der Waals surface area (Å²) in [6, 6.07) is 17.0. The number of aromatic nitrogens is 3. The molecule has 3 heterocycles. The summed E-state index contributed by atoms with van der Waals surface area (Å²) in [6.07, 6.45) is 0. The Labute approximate surface area is 224 Å². The number of carboxylic acids is 1. The highest BCUT2D eigenvalue weighted by molar-refractivity contribution is 7.15. The fourth-order valence-corrected chi connectivity index (χ4v) is 5.97. The number of aryl methyl sites for hydroxylation is 1. The number of carboxylic acid groups (broad SMARTS) is 1. The fraction of sp³-hybridized carbons (Fsp3) is 0.276. The maximum absolute atomic E-state index is 12.1. The molecular weight excluding hydrogens is 498 g/mol. The van der Waals surface area contributed by atoms with E-state index in [2.05, 4.69) is 23.2 Å². The molecule has 0 saturated carbocycles. The van der Waals surface area contributed by atoms with Gasteiger partial charge in [0.1, 0.15) is 16.9 Å². The summed E-state index contributed by atoms with van der Waals surface area (Å²) in [6.45, 7) is 8.63. The van der Waals surface area contributed by atoms with Gasteiger partial charge in [0.2, 0.25) is 0 Å². The molecule has 0 saturated heterocycles. The lowest BCUT2D eigenvalue weighted by Crippen LogP contribution is -2.21. The molecular formula is C29H27N5O3S. The minimum absolute atomic E-state index is 0.479. The molecule has 8 nitrogen and oxygen atoms in total. The van der Waals surface area contributed by atoms with Crippen LogP contribution in [0.15, 0.2) is 53.5 Å². The topological polar surface area (TPSA) is 113 Å². The fourth-order valence-electron chi connectivity index (χ4n) is 4.67. The van der Waals surface area contributed by atoms with E-state index >= 15 is 0 Å². The van der Waals surface area contributed by atoms with Gasteiger partial charge >= 0.3 is 5.97 Å². The van der Waals surface area contributed by atoms with Crippen molar-refractivity contribution >= 4 is 23.0 Å². The molecule has 1 N–H and O–H groups in total. The third kappa shape index (κ3) is 4.42. The highest BCUT2D eigenvalue weighted by Crippen LogP contribution is 2.41. The molecule has 0 radical (unpaired) electrons. The SMILES string of the molecule is CCOCc1sc2c(c1C)C(c1ccc(-c3cccc(C#N)c3)cc1)=N[C@@H](C(C)C(=O)O)c1nnc(C)n1-2. The van der Waals surface area contributed by atoms with Gasteiger partial charge in [-0.3, -0.25) is 14.4 Å². The van der Waals surface area contributed by atoms with Crippen LogP contribution in [0.4, 0.5) is 0 Å². The van der Waals surface area contributed by atoms with E-state index in [1.807, 2.05) is 60.9 Å². The van der Waals surface area contributed by atoms with Gasteiger partial charge in [0, 0.05) is 22.6 Å². The van der Waals surface area contributed by atoms with Crippen LogP contribution in [0.5, 0.6) is 0 Å². The van der Waals surface area contributed by atoms with Gasteiger partial charge in [-0.25, -0.2) is 0 Å². The van der Waals surface area contributed by atoms with Gasteiger partial charge in [-0.05, 0) is 56.5 Å². The minimum atomic E-state index is -0.947. The van der Waals surface area contributed by atoms with Crippen molar-refractivity contribution in [2.24, 2.45) is 10.9 Å². The Bertz CT molecular complexity index is 1590. The molecule has 1 unspecified atom stereocenters. The number of thiophene rings is 1. The standard InChI is InChI=1S/C29H27N5O3S/c1-5-37-15-23-16(2)24-26(21-11-9-20(10-12-21)22-8-6-7-19(13-22)14-30)31-25(17(3)29(35)36)27-33-32-18(4)34(27)28(24)38-23/h6-13,17,25H,5,15H2,1-4H3,(H,35,36)/t17?,25-/m0/s1. The first-order valence-electron chi connectivity index (χ1n) is 12.4. The van der Waals surface area contributed by atoms with Crippen molar-refractivity contribution in [1.29, 1.82) is 5.26 Å². The van der Waals surface area contributed by atoms with Crippen LogP contribution in [0.1, 0.15) is 58.7 Å². The molecule has 0 fully saturated rings. The van der Waals surface area contributed by atoms with Crippen LogP contribution in [0.2, 0.25) is 0 Å². The summed E-state index contributed by atoms with van der Waals surface area (Å²) in [4.78, 5) is 18.3. The lowest BCUT2D eigenvalue weighted by atomic mass is 9.96. The predicted octanol–water partition coefficient (Wildman–Crippen LogP) is 5.63. The van der Waals surface area contributed by atoms with E-state index in [0.29, 0.717) is 30.4 Å². The molecule has 4 aromatic rings. The Morgan fingerprint density at radius 1 is 1.16 bits per heavy atom. The van der Waals surface area contributed by atoms with Gasteiger partial charge in [0.05, 0.1) is 29.9 Å². The Hall–Kier alpha value is -4.13. The predicted molar refractivity (Wildman–Crippen MR) is 146 cm³/mol. The monoisotopic (exact) mass is 525 g/mol. The maximum Gasteiger partial charge on any atom is 0.308 e. The van der Waals surface area contributed by atoms with Crippen LogP contribution < -0.4 is 0 Å². The normalized spacial score (nSPS) is 15.1. The number of aliphatic carboxylic acids is 1. The first-order valence-corrected chi connectivity index (χ1v) is 13.2. The zero-order valence-corrected chi connectivity index (χ0v) is 22.4. The number of nitriles is 1. The maximum atomic E-state index is 12.1. The average Bonchev–Trinajstić information content (AvgIpc) is 3.42. The number of hydrogen-bond donors (Lipinski definition) is 1. The van der Waals surface area contributed by atoms with E-state index in [4.69, 9.17) is 9.73 Å². The number of hydrogen-bond acceptors (Lipinski definition) is 7. The third-order valence-electron chi connectivity index (χ3n) is 6.83. The first kappa shape index (κ1) is 25.5. The van der Waals surface area contributed by atoms with Crippen LogP contribution in [-0.4, -0.2) is 38.2 Å². The molecule has 2 aromatic carbocycles. The Kier molecular flexibility index (Phi) is 6.93. The summed E-state index contributed by atoms with van der Waals surface area (Å²) in [5.74, 6) is -0.561. The number of rotatable bonds is 7. The number of nitrogens with zero attached hydrogens (tertiary/aromatic N) is 5. The Morgan fingerprint density at radius 2 is 1.89 bits per heavy atom. The molecule has 1 aliphatic heterocycles. The van der Waals surface area contributed by atoms with E-state index < -0.39 is 17.9 Å². The van der Waals surface area contributed by atoms with E-state index in [1.54, 1.807) is 24.3 Å². The van der Waals surface area contributed by atoms with Crippen LogP contribution >= 0.6 is 11.3 Å². The molecule has 5 rings (SSSR count). The highest BCUT2D eigenvalue weighted by atomic mass is 32.1. The zero-order chi connectivity index (χ0) is 27.0. The molecule has 1 aliphatic rings. The summed E-state index contributed by atoms with van der Waals surface area (Å²) in [7, 11) is 0. The largest absolute Gasteiger partial charge is 0.481 e. The molecule has 2 atom stereocenters. The van der Waals surface area contributed by atoms with Crippen LogP contribution in [0.25, 0.3) is 16.1 Å². The van der Waals surface area contributed by atoms with Crippen LogP contribution in [0, 0.1) is 31.1 Å². The Morgan fingerprint density at radius 3 is 2.58 bits per heavy atom. The summed E-state index contributed by atoms with van der Waals surface area (Å²) >= 11 is 1.60. The second kappa shape index (κ2) is 10.3. The second-order valence-electron chi connectivity index (χ2n) is 9.23. The van der Waals surface area contributed by atoms with Gasteiger partial charge in [-0.1, -0.05) is 36.4 Å². The van der Waals surface area contributed by atoms with E-state index in [-0.39, 0.29) is 0 Å². The van der Waals surface area contributed by atoms with Crippen LogP contribution in [-0.2, 0) is 16.1 Å². The quantitative estimate of drug-likeness (QED) is 0.334. The molecule has 0 amide bonds. The van der Waals surface area contributed by atoms with Crippen molar-refractivity contribution in [3.8, 4) is 22.2 Å². The molecule has 192 valence electrons. The van der Waals surface area contributed by atoms with Crippen molar-refractivity contribution in [3.63, 3.8) is 0 Å². The van der Waals surface area contributed by atoms with E-state index in [1.165, 1.54) is 0 Å². The average molecular weight is 526 g/mol. The summed E-state index contributed by atoms with van der Waals surface area (Å²) in [5.41, 5.74) is 6.10. The highest BCUT2D eigenvalue weighted by Gasteiger charge is 2.36. The molecule has 0 aliphatic carbocycles. The third-order valence-corrected chi connectivity index (χ3v) is 8.08. The first-order chi connectivity index (χ1) is 18.3. The van der Waals surface area contributed by atoms with Crippen LogP contribution in [0.3, 0.4) is 0 Å². The number of benzene rings is 2. The molecule has 9 heteroatoms. The molecule has 2 aromatic heterocycles. The van der Waals surface area contributed by atoms with Gasteiger partial charge in [-0.15, -0.1) is 21.5 Å². The van der Waals surface area contributed by atoms with Gasteiger partial charge in [0.25, 0.3) is 0 Å². The lowest BCUT2D eigenvalue weighted by molar-refractivity contribution is -0.141. The van der Waals surface area contributed by atoms with Gasteiger partial charge in [0.15, 0.2) is 5.82 Å². The van der Waals surface area contributed by atoms with E-state index in [0.717, 1.165) is 43.4 Å². The molecule has 0 bridgehead atoms. The van der Waals surface area contributed by atoms with Crippen molar-refractivity contribution in [2.75, 3.05) is 6.61 Å². The summed E-state index contributed by atoms with van der Waals surface area (Å²) in [5, 5.41) is 28.8. The Balaban J connectivity index is 1.70. The molecule has 0 spiro atoms. The number of fused-ring (bicyclic) bond motifs is 3. The van der Waals surface area contributed by atoms with E-state index in [9.17, 15) is 15.2 Å². The zero-order valence-electron chi connectivity index (χ0n) is 21.6. The van der Waals surface area contributed by atoms with Crippen molar-refractivity contribution in [3.05, 3.63) is 87.3 Å². The van der Waals surface area contributed by atoms with Crippen molar-refractivity contribution < 1.29 is 14.6 Å². The van der Waals surface area contributed by atoms with Gasteiger partial charge in [-0.2, -0.15) is 5.26 Å². The summed E-state index contributed by atoms with van der Waals surface area (Å²) < 4.78 is 7.70.